The van der Waals surface area contributed by atoms with Gasteiger partial charge in [-0.05, 0) is 11.5 Å². The van der Waals surface area contributed by atoms with Crippen molar-refractivity contribution in [2.24, 2.45) is 0 Å². The van der Waals surface area contributed by atoms with E-state index in [1.54, 1.807) is 0 Å². The predicted molar refractivity (Wildman–Crippen MR) is 51.1 cm³/mol. The van der Waals surface area contributed by atoms with Gasteiger partial charge in [-0.2, -0.15) is 0 Å². The Morgan fingerprint density at radius 2 is 1.62 bits per heavy atom. The highest BCUT2D eigenvalue weighted by molar-refractivity contribution is 6.73. The van der Waals surface area contributed by atoms with E-state index in [4.69, 9.17) is 31.7 Å². The molecule has 7 heteroatoms. The van der Waals surface area contributed by atoms with Crippen LogP contribution in [-0.4, -0.2) is 34.3 Å². The van der Waals surface area contributed by atoms with Gasteiger partial charge in [0.05, 0.1) is 0 Å². The highest BCUT2D eigenvalue weighted by Gasteiger charge is 2.25. The molecule has 0 fully saturated rings. The van der Waals surface area contributed by atoms with Gasteiger partial charge in [-0.1, -0.05) is 23.7 Å². The molecule has 13 heavy (non-hydrogen) atoms. The van der Waals surface area contributed by atoms with Crippen LogP contribution >= 0.6 is 11.6 Å². The molecule has 1 aromatic carbocycles. The summed E-state index contributed by atoms with van der Waals surface area (Å²) in [4.78, 5) is 0. The first-order valence-electron chi connectivity index (χ1n) is 3.54. The molecule has 0 saturated heterocycles. The van der Waals surface area contributed by atoms with Crippen molar-refractivity contribution in [1.29, 1.82) is 0 Å². The Morgan fingerprint density at radius 1 is 1.00 bits per heavy atom. The predicted octanol–water partition coefficient (Wildman–Crippen LogP) is -2.30. The first-order chi connectivity index (χ1) is 6.04. The van der Waals surface area contributed by atoms with Crippen LogP contribution in [0.15, 0.2) is 18.2 Å². The molecule has 0 aliphatic carbocycles. The van der Waals surface area contributed by atoms with Crippen LogP contribution in [0.1, 0.15) is 0 Å². The second-order valence-electron chi connectivity index (χ2n) is 2.49. The van der Waals surface area contributed by atoms with Crippen LogP contribution in [0.5, 0.6) is 0 Å². The third-order valence-electron chi connectivity index (χ3n) is 1.62. The average Bonchev–Trinajstić information content (AvgIpc) is 2.02. The van der Waals surface area contributed by atoms with E-state index in [9.17, 15) is 0 Å². The molecule has 68 valence electrons. The van der Waals surface area contributed by atoms with Crippen LogP contribution in [0.25, 0.3) is 0 Å². The van der Waals surface area contributed by atoms with Crippen LogP contribution in [0.3, 0.4) is 0 Å². The number of halogens is 1. The minimum Gasteiger partial charge on any atom is -0.423 e. The molecule has 4 N–H and O–H groups in total. The first-order valence-corrected chi connectivity index (χ1v) is 3.92. The normalized spacial score (nSPS) is 9.92. The molecule has 0 radical (unpaired) electrons. The van der Waals surface area contributed by atoms with Crippen LogP contribution in [0.2, 0.25) is 5.02 Å². The molecule has 4 nitrogen and oxygen atoms in total. The van der Waals surface area contributed by atoms with Crippen LogP contribution < -0.4 is 10.9 Å². The van der Waals surface area contributed by atoms with Crippen LogP contribution in [0, 0.1) is 0 Å². The Bertz CT molecular complexity index is 305. The van der Waals surface area contributed by atoms with Crippen molar-refractivity contribution < 1.29 is 20.1 Å². The molecule has 0 spiro atoms. The van der Waals surface area contributed by atoms with Crippen molar-refractivity contribution >= 4 is 36.8 Å². The van der Waals surface area contributed by atoms with Crippen molar-refractivity contribution in [2.75, 3.05) is 0 Å². The quantitative estimate of drug-likeness (QED) is 0.405. The summed E-state index contributed by atoms with van der Waals surface area (Å²) in [7, 11) is -3.58. The smallest absolute Gasteiger partial charge is 0.423 e. The van der Waals surface area contributed by atoms with E-state index in [-0.39, 0.29) is 15.9 Å². The topological polar surface area (TPSA) is 80.9 Å². The lowest BCUT2D eigenvalue weighted by molar-refractivity contribution is 0.419. The largest absolute Gasteiger partial charge is 0.489 e. The zero-order valence-electron chi connectivity index (χ0n) is 6.55. The summed E-state index contributed by atoms with van der Waals surface area (Å²) in [6, 6.07) is 4.27. The van der Waals surface area contributed by atoms with E-state index in [1.165, 1.54) is 18.2 Å². The second-order valence-corrected chi connectivity index (χ2v) is 2.90. The lowest BCUT2D eigenvalue weighted by atomic mass is 9.66. The van der Waals surface area contributed by atoms with Crippen molar-refractivity contribution in [1.82, 2.24) is 0 Å². The first kappa shape index (κ1) is 10.6. The van der Waals surface area contributed by atoms with Gasteiger partial charge in [-0.15, -0.1) is 0 Å². The third kappa shape index (κ3) is 2.24. The molecule has 0 aliphatic heterocycles. The minimum absolute atomic E-state index is 0.0116. The molecule has 0 saturated carbocycles. The lowest BCUT2D eigenvalue weighted by Crippen LogP contribution is -2.49. The molecular weight excluding hydrogens is 193 g/mol. The Balaban J connectivity index is 3.26. The van der Waals surface area contributed by atoms with E-state index in [1.807, 2.05) is 0 Å². The van der Waals surface area contributed by atoms with E-state index >= 15 is 0 Å². The Labute approximate surface area is 80.7 Å². The Kier molecular flexibility index (Phi) is 3.35. The molecule has 1 rings (SSSR count). The highest BCUT2D eigenvalue weighted by Crippen LogP contribution is 2.02. The van der Waals surface area contributed by atoms with Crippen LogP contribution in [-0.2, 0) is 0 Å². The maximum Gasteiger partial charge on any atom is 0.489 e. The van der Waals surface area contributed by atoms with Gasteiger partial charge in [0, 0.05) is 10.5 Å². The number of benzene rings is 1. The summed E-state index contributed by atoms with van der Waals surface area (Å²) >= 11 is 5.63. The second kappa shape index (κ2) is 4.13. The summed E-state index contributed by atoms with van der Waals surface area (Å²) in [6.45, 7) is 0. The van der Waals surface area contributed by atoms with E-state index < -0.39 is 14.2 Å². The fraction of sp³-hybridized carbons (Fsp3) is 0. The van der Waals surface area contributed by atoms with Gasteiger partial charge < -0.3 is 20.1 Å². The van der Waals surface area contributed by atoms with Gasteiger partial charge in [0.2, 0.25) is 0 Å². The third-order valence-corrected chi connectivity index (χ3v) is 1.95. The molecule has 0 unspecified atom stereocenters. The molecule has 0 amide bonds. The van der Waals surface area contributed by atoms with Gasteiger partial charge in [-0.3, -0.25) is 0 Å². The highest BCUT2D eigenvalue weighted by atomic mass is 35.5. The van der Waals surface area contributed by atoms with Crippen molar-refractivity contribution in [3.63, 3.8) is 0 Å². The average molecular weight is 200 g/mol. The summed E-state index contributed by atoms with van der Waals surface area (Å²) < 4.78 is 0. The fourth-order valence-electron chi connectivity index (χ4n) is 1.05. The molecule has 0 aliphatic rings. The standard InChI is InChI=1S/C6H7B2ClO4/c9-5-3-1-2-4(7(10)11)6(5)8(12)13/h1-3,10-13H. The molecule has 0 heterocycles. The van der Waals surface area contributed by atoms with E-state index in [0.717, 1.165) is 0 Å². The van der Waals surface area contributed by atoms with E-state index in [0.29, 0.717) is 0 Å². The summed E-state index contributed by atoms with van der Waals surface area (Å²) in [5.41, 5.74) is -0.0957. The molecular formula is C6H7B2ClO4. The van der Waals surface area contributed by atoms with Gasteiger partial charge >= 0.3 is 14.2 Å². The van der Waals surface area contributed by atoms with Gasteiger partial charge in [-0.25, -0.2) is 0 Å². The van der Waals surface area contributed by atoms with Gasteiger partial charge in [0.15, 0.2) is 0 Å². The maximum atomic E-state index is 8.88. The van der Waals surface area contributed by atoms with Crippen molar-refractivity contribution in [3.8, 4) is 0 Å². The minimum atomic E-state index is -1.81. The van der Waals surface area contributed by atoms with Crippen LogP contribution in [0.4, 0.5) is 0 Å². The molecule has 0 bridgehead atoms. The lowest BCUT2D eigenvalue weighted by Gasteiger charge is -2.09. The van der Waals surface area contributed by atoms with E-state index in [2.05, 4.69) is 0 Å². The maximum absolute atomic E-state index is 8.88. The fourth-order valence-corrected chi connectivity index (χ4v) is 1.33. The zero-order chi connectivity index (χ0) is 10.0. The summed E-state index contributed by atoms with van der Waals surface area (Å²) in [5.74, 6) is 0. The molecule has 0 aromatic heterocycles. The van der Waals surface area contributed by atoms with Crippen molar-refractivity contribution in [2.45, 2.75) is 0 Å². The zero-order valence-corrected chi connectivity index (χ0v) is 7.31. The van der Waals surface area contributed by atoms with Gasteiger partial charge in [0.25, 0.3) is 0 Å². The Morgan fingerprint density at radius 3 is 2.00 bits per heavy atom. The number of hydrogen-bond donors (Lipinski definition) is 4. The monoisotopic (exact) mass is 200 g/mol. The number of rotatable bonds is 2. The summed E-state index contributed by atoms with van der Waals surface area (Å²) in [5, 5.41) is 35.6. The van der Waals surface area contributed by atoms with Crippen molar-refractivity contribution in [3.05, 3.63) is 23.2 Å². The number of hydrogen-bond acceptors (Lipinski definition) is 4. The van der Waals surface area contributed by atoms with Gasteiger partial charge in [0.1, 0.15) is 0 Å². The Hall–Kier alpha value is -0.520. The SMILES string of the molecule is OB(O)c1cccc(Cl)c1B(O)O. The molecule has 0 atom stereocenters. The summed E-state index contributed by atoms with van der Waals surface area (Å²) in [6.07, 6.45) is 0. The molecule has 1 aromatic rings.